The molecule has 0 spiro atoms. The molecule has 1 heterocycles. The molecule has 0 saturated heterocycles. The second-order valence-electron chi connectivity index (χ2n) is 5.61. The van der Waals surface area contributed by atoms with Gasteiger partial charge in [-0.3, -0.25) is 13.9 Å². The molecule has 6 nitrogen and oxygen atoms in total. The zero-order valence-electron chi connectivity index (χ0n) is 13.5. The molecule has 0 aliphatic rings. The molecular formula is C19H16N2O4. The Morgan fingerprint density at radius 2 is 1.84 bits per heavy atom. The maximum Gasteiger partial charge on any atom is 0.335 e. The average Bonchev–Trinajstić information content (AvgIpc) is 2.63. The first-order chi connectivity index (χ1) is 12.0. The van der Waals surface area contributed by atoms with Gasteiger partial charge in [0.15, 0.2) is 0 Å². The number of nitrogens with zero attached hydrogens (tertiary/aromatic N) is 2. The highest BCUT2D eigenvalue weighted by Crippen LogP contribution is 2.11. The van der Waals surface area contributed by atoms with Crippen LogP contribution in [0.1, 0.15) is 15.9 Å². The number of hydrogen-bond acceptors (Lipinski definition) is 3. The van der Waals surface area contributed by atoms with E-state index in [-0.39, 0.29) is 17.5 Å². The molecule has 0 atom stereocenters. The molecule has 1 aromatic heterocycles. The number of aromatic carboxylic acids is 1. The van der Waals surface area contributed by atoms with Gasteiger partial charge >= 0.3 is 11.7 Å². The van der Waals surface area contributed by atoms with E-state index in [2.05, 4.69) is 0 Å². The van der Waals surface area contributed by atoms with E-state index in [1.54, 1.807) is 13.1 Å². The topological polar surface area (TPSA) is 81.3 Å². The monoisotopic (exact) mass is 336 g/mol. The Labute approximate surface area is 142 Å². The molecule has 0 radical (unpaired) electrons. The minimum Gasteiger partial charge on any atom is -0.478 e. The number of carboxylic acid groups (broad SMARTS) is 1. The summed E-state index contributed by atoms with van der Waals surface area (Å²) in [4.78, 5) is 36.2. The third-order valence-corrected chi connectivity index (χ3v) is 4.00. The maximum atomic E-state index is 12.6. The van der Waals surface area contributed by atoms with Crippen molar-refractivity contribution < 1.29 is 9.90 Å². The summed E-state index contributed by atoms with van der Waals surface area (Å²) in [6.45, 7) is 0.105. The van der Waals surface area contributed by atoms with Gasteiger partial charge in [0.05, 0.1) is 16.5 Å². The van der Waals surface area contributed by atoms with Gasteiger partial charge in [0.25, 0.3) is 5.56 Å². The second kappa shape index (κ2) is 6.60. The first-order valence-electron chi connectivity index (χ1n) is 7.67. The van der Waals surface area contributed by atoms with Crippen LogP contribution in [-0.4, -0.2) is 20.2 Å². The Kier molecular flexibility index (Phi) is 4.35. The largest absolute Gasteiger partial charge is 0.478 e. The molecular weight excluding hydrogens is 320 g/mol. The molecule has 0 fully saturated rings. The maximum absolute atomic E-state index is 12.6. The summed E-state index contributed by atoms with van der Waals surface area (Å²) in [5.41, 5.74) is 0.427. The zero-order chi connectivity index (χ0) is 18.0. The first-order valence-corrected chi connectivity index (χ1v) is 7.67. The van der Waals surface area contributed by atoms with Gasteiger partial charge in [0, 0.05) is 13.6 Å². The second-order valence-corrected chi connectivity index (χ2v) is 5.61. The molecule has 0 aliphatic carbocycles. The van der Waals surface area contributed by atoms with Gasteiger partial charge in [0.2, 0.25) is 0 Å². The van der Waals surface area contributed by atoms with E-state index in [1.165, 1.54) is 22.8 Å². The Balaban J connectivity index is 2.08. The van der Waals surface area contributed by atoms with Crippen molar-refractivity contribution in [3.63, 3.8) is 0 Å². The Hall–Kier alpha value is -3.41. The number of aryl methyl sites for hydroxylation is 1. The van der Waals surface area contributed by atoms with Gasteiger partial charge in [-0.05, 0) is 23.8 Å². The molecule has 0 amide bonds. The van der Waals surface area contributed by atoms with Crippen LogP contribution in [0, 0.1) is 0 Å². The number of carboxylic acids is 1. The van der Waals surface area contributed by atoms with Gasteiger partial charge in [-0.25, -0.2) is 9.59 Å². The normalized spacial score (nSPS) is 11.2. The van der Waals surface area contributed by atoms with Crippen LogP contribution in [0.2, 0.25) is 0 Å². The summed E-state index contributed by atoms with van der Waals surface area (Å²) in [6.07, 6.45) is 3.55. The summed E-state index contributed by atoms with van der Waals surface area (Å²) < 4.78 is 2.44. The molecule has 0 aliphatic heterocycles. The molecule has 1 N–H and O–H groups in total. The summed E-state index contributed by atoms with van der Waals surface area (Å²) in [5.74, 6) is -1.12. The van der Waals surface area contributed by atoms with E-state index in [9.17, 15) is 14.4 Å². The van der Waals surface area contributed by atoms with Gasteiger partial charge < -0.3 is 5.11 Å². The van der Waals surface area contributed by atoms with Crippen molar-refractivity contribution in [3.8, 4) is 0 Å². The fourth-order valence-corrected chi connectivity index (χ4v) is 2.67. The minimum absolute atomic E-state index is 0.00891. The number of allylic oxidation sites excluding steroid dienone is 1. The smallest absolute Gasteiger partial charge is 0.335 e. The predicted molar refractivity (Wildman–Crippen MR) is 95.9 cm³/mol. The van der Waals surface area contributed by atoms with E-state index in [0.717, 1.165) is 10.1 Å². The van der Waals surface area contributed by atoms with E-state index in [0.29, 0.717) is 5.52 Å². The summed E-state index contributed by atoms with van der Waals surface area (Å²) >= 11 is 0. The number of carbonyl (C=O) groups is 1. The fraction of sp³-hybridized carbons (Fsp3) is 0.105. The zero-order valence-corrected chi connectivity index (χ0v) is 13.5. The molecule has 6 heteroatoms. The van der Waals surface area contributed by atoms with Crippen LogP contribution >= 0.6 is 0 Å². The SMILES string of the molecule is Cn1c(=O)n(C/C=C/c2ccccc2)c(=O)c2cc(C(=O)O)ccc21. The lowest BCUT2D eigenvalue weighted by Crippen LogP contribution is -2.38. The lowest BCUT2D eigenvalue weighted by molar-refractivity contribution is 0.0697. The van der Waals surface area contributed by atoms with E-state index in [4.69, 9.17) is 5.11 Å². The Morgan fingerprint density at radius 3 is 2.52 bits per heavy atom. The molecule has 25 heavy (non-hydrogen) atoms. The summed E-state index contributed by atoms with van der Waals surface area (Å²) in [7, 11) is 1.56. The third kappa shape index (κ3) is 3.14. The van der Waals surface area contributed by atoms with Crippen molar-refractivity contribution in [1.82, 2.24) is 9.13 Å². The van der Waals surface area contributed by atoms with Crippen LogP contribution in [0.3, 0.4) is 0 Å². The van der Waals surface area contributed by atoms with Crippen LogP contribution in [0.15, 0.2) is 64.2 Å². The van der Waals surface area contributed by atoms with Crippen molar-refractivity contribution >= 4 is 22.9 Å². The third-order valence-electron chi connectivity index (χ3n) is 4.00. The molecule has 0 unspecified atom stereocenters. The van der Waals surface area contributed by atoms with Crippen LogP contribution < -0.4 is 11.2 Å². The van der Waals surface area contributed by atoms with Crippen molar-refractivity contribution in [2.75, 3.05) is 0 Å². The van der Waals surface area contributed by atoms with E-state index >= 15 is 0 Å². The quantitative estimate of drug-likeness (QED) is 0.791. The first kappa shape index (κ1) is 16.4. The molecule has 0 saturated carbocycles. The summed E-state index contributed by atoms with van der Waals surface area (Å²) in [6, 6.07) is 13.7. The molecule has 2 aromatic carbocycles. The van der Waals surface area contributed by atoms with Gasteiger partial charge in [-0.2, -0.15) is 0 Å². The molecule has 0 bridgehead atoms. The number of fused-ring (bicyclic) bond motifs is 1. The number of rotatable bonds is 4. The highest BCUT2D eigenvalue weighted by molar-refractivity contribution is 5.93. The van der Waals surface area contributed by atoms with Crippen LogP contribution in [0.25, 0.3) is 17.0 Å². The minimum atomic E-state index is -1.12. The lowest BCUT2D eigenvalue weighted by Gasteiger charge is -2.09. The molecule has 3 aromatic rings. The number of hydrogen-bond donors (Lipinski definition) is 1. The molecule has 126 valence electrons. The Morgan fingerprint density at radius 1 is 1.12 bits per heavy atom. The average molecular weight is 336 g/mol. The van der Waals surface area contributed by atoms with Crippen LogP contribution in [0.5, 0.6) is 0 Å². The van der Waals surface area contributed by atoms with Gasteiger partial charge in [-0.15, -0.1) is 0 Å². The van der Waals surface area contributed by atoms with E-state index < -0.39 is 17.2 Å². The highest BCUT2D eigenvalue weighted by Gasteiger charge is 2.12. The summed E-state index contributed by atoms with van der Waals surface area (Å²) in [5, 5.41) is 9.31. The van der Waals surface area contributed by atoms with Crippen molar-refractivity contribution in [2.45, 2.75) is 6.54 Å². The highest BCUT2D eigenvalue weighted by atomic mass is 16.4. The van der Waals surface area contributed by atoms with E-state index in [1.807, 2.05) is 36.4 Å². The standard InChI is InChI=1S/C19H16N2O4/c1-20-16-10-9-14(18(23)24)12-15(16)17(22)21(19(20)25)11-5-8-13-6-3-2-4-7-13/h2-10,12H,11H2,1H3,(H,23,24)/b8-5+. The predicted octanol–water partition coefficient (Wildman–Crippen LogP) is 2.11. The van der Waals surface area contributed by atoms with Crippen molar-refractivity contribution in [3.05, 3.63) is 86.6 Å². The lowest BCUT2D eigenvalue weighted by atomic mass is 10.1. The van der Waals surface area contributed by atoms with Crippen LogP contribution in [0.4, 0.5) is 0 Å². The number of benzene rings is 2. The fourth-order valence-electron chi connectivity index (χ4n) is 2.67. The molecule has 3 rings (SSSR count). The van der Waals surface area contributed by atoms with Crippen molar-refractivity contribution in [2.24, 2.45) is 7.05 Å². The van der Waals surface area contributed by atoms with Crippen molar-refractivity contribution in [1.29, 1.82) is 0 Å². The van der Waals surface area contributed by atoms with Gasteiger partial charge in [0.1, 0.15) is 0 Å². The van der Waals surface area contributed by atoms with Gasteiger partial charge in [-0.1, -0.05) is 42.5 Å². The number of aromatic nitrogens is 2. The Bertz CT molecular complexity index is 1090. The van der Waals surface area contributed by atoms with Crippen LogP contribution in [-0.2, 0) is 13.6 Å².